The van der Waals surface area contributed by atoms with Crippen LogP contribution in [-0.4, -0.2) is 15.8 Å². The van der Waals surface area contributed by atoms with Crippen molar-refractivity contribution in [1.29, 1.82) is 5.26 Å². The third kappa shape index (κ3) is 3.88. The summed E-state index contributed by atoms with van der Waals surface area (Å²) in [5.74, 6) is -0.797. The molecule has 0 saturated carbocycles. The maximum Gasteiger partial charge on any atom is 0.270 e. The number of phenolic OH excluding ortho intramolecular Hbond substituents is 1. The van der Waals surface area contributed by atoms with E-state index in [0.717, 1.165) is 6.07 Å². The maximum atomic E-state index is 12.4. The standard InChI is InChI=1S/C16H8Br2N2O4/c17-12-5-10(16(22)14(18)7-12)4-11(8-19)15(21)9-2-1-3-13(6-9)20(23)24/h1-7,22H/b11-4+. The van der Waals surface area contributed by atoms with Crippen molar-refractivity contribution in [2.75, 3.05) is 0 Å². The monoisotopic (exact) mass is 450 g/mol. The van der Waals surface area contributed by atoms with Gasteiger partial charge in [-0.05, 0) is 34.1 Å². The van der Waals surface area contributed by atoms with E-state index in [4.69, 9.17) is 0 Å². The molecule has 0 spiro atoms. The van der Waals surface area contributed by atoms with Gasteiger partial charge in [0.15, 0.2) is 0 Å². The lowest BCUT2D eigenvalue weighted by Crippen LogP contribution is -2.03. The SMILES string of the molecule is N#C/C(=C\c1cc(Br)cc(Br)c1O)C(=O)c1cccc([N+](=O)[O-])c1. The quantitative estimate of drug-likeness (QED) is 0.240. The average molecular weight is 452 g/mol. The lowest BCUT2D eigenvalue weighted by molar-refractivity contribution is -0.384. The number of nitrogens with zero attached hydrogens (tertiary/aromatic N) is 2. The van der Waals surface area contributed by atoms with Crippen molar-refractivity contribution in [3.05, 3.63) is 72.2 Å². The Morgan fingerprint density at radius 3 is 2.62 bits per heavy atom. The molecule has 0 heterocycles. The Morgan fingerprint density at radius 1 is 1.29 bits per heavy atom. The molecular weight excluding hydrogens is 444 g/mol. The summed E-state index contributed by atoms with van der Waals surface area (Å²) >= 11 is 6.42. The van der Waals surface area contributed by atoms with Gasteiger partial charge in [0, 0.05) is 27.7 Å². The van der Waals surface area contributed by atoms with Gasteiger partial charge in [-0.15, -0.1) is 0 Å². The normalized spacial score (nSPS) is 11.0. The van der Waals surface area contributed by atoms with E-state index in [1.165, 1.54) is 30.3 Å². The van der Waals surface area contributed by atoms with Crippen LogP contribution in [0.5, 0.6) is 5.75 Å². The number of allylic oxidation sites excluding steroid dienone is 1. The number of carbonyl (C=O) groups is 1. The number of hydrogen-bond donors (Lipinski definition) is 1. The third-order valence-electron chi connectivity index (χ3n) is 3.04. The van der Waals surface area contributed by atoms with Crippen molar-refractivity contribution in [1.82, 2.24) is 0 Å². The molecule has 0 amide bonds. The first kappa shape index (κ1) is 17.8. The molecule has 1 N–H and O–H groups in total. The van der Waals surface area contributed by atoms with E-state index in [1.807, 2.05) is 0 Å². The van der Waals surface area contributed by atoms with Gasteiger partial charge in [-0.2, -0.15) is 5.26 Å². The van der Waals surface area contributed by atoms with Crippen LogP contribution in [0.15, 0.2) is 50.9 Å². The van der Waals surface area contributed by atoms with E-state index in [1.54, 1.807) is 12.1 Å². The van der Waals surface area contributed by atoms with E-state index in [0.29, 0.717) is 8.95 Å². The van der Waals surface area contributed by atoms with Crippen molar-refractivity contribution in [2.45, 2.75) is 0 Å². The fourth-order valence-corrected chi connectivity index (χ4v) is 3.17. The summed E-state index contributed by atoms with van der Waals surface area (Å²) in [6.07, 6.45) is 1.23. The van der Waals surface area contributed by atoms with Crippen molar-refractivity contribution < 1.29 is 14.8 Å². The second kappa shape index (κ2) is 7.38. The van der Waals surface area contributed by atoms with E-state index in [9.17, 15) is 25.3 Å². The Balaban J connectivity index is 2.49. The van der Waals surface area contributed by atoms with Crippen LogP contribution in [0, 0.1) is 21.4 Å². The molecule has 0 saturated heterocycles. The number of phenols is 1. The second-order valence-corrected chi connectivity index (χ2v) is 6.40. The van der Waals surface area contributed by atoms with Crippen LogP contribution in [0.2, 0.25) is 0 Å². The molecule has 0 aliphatic rings. The van der Waals surface area contributed by atoms with Crippen LogP contribution in [0.25, 0.3) is 6.08 Å². The number of carbonyl (C=O) groups excluding carboxylic acids is 1. The van der Waals surface area contributed by atoms with Gasteiger partial charge >= 0.3 is 0 Å². The van der Waals surface area contributed by atoms with E-state index in [2.05, 4.69) is 31.9 Å². The fraction of sp³-hybridized carbons (Fsp3) is 0. The highest BCUT2D eigenvalue weighted by Gasteiger charge is 2.17. The van der Waals surface area contributed by atoms with Crippen LogP contribution in [0.4, 0.5) is 5.69 Å². The van der Waals surface area contributed by atoms with Gasteiger partial charge in [0.25, 0.3) is 5.69 Å². The van der Waals surface area contributed by atoms with E-state index < -0.39 is 10.7 Å². The van der Waals surface area contributed by atoms with E-state index >= 15 is 0 Å². The number of non-ortho nitro benzene ring substituents is 1. The Bertz CT molecular complexity index is 917. The molecule has 6 nitrogen and oxygen atoms in total. The molecule has 8 heteroatoms. The van der Waals surface area contributed by atoms with Crippen LogP contribution < -0.4 is 0 Å². The predicted molar refractivity (Wildman–Crippen MR) is 94.5 cm³/mol. The number of hydrogen-bond acceptors (Lipinski definition) is 5. The number of ketones is 1. The minimum atomic E-state index is -0.670. The van der Waals surface area contributed by atoms with Crippen molar-refractivity contribution in [3.8, 4) is 11.8 Å². The second-order valence-electron chi connectivity index (χ2n) is 4.63. The van der Waals surface area contributed by atoms with Gasteiger partial charge in [0.1, 0.15) is 17.4 Å². The first-order valence-corrected chi connectivity index (χ1v) is 8.01. The van der Waals surface area contributed by atoms with Gasteiger partial charge in [0.05, 0.1) is 9.40 Å². The Kier molecular flexibility index (Phi) is 5.49. The number of halogens is 2. The summed E-state index contributed by atoms with van der Waals surface area (Å²) in [5.41, 5.74) is -0.223. The molecule has 0 unspecified atom stereocenters. The molecule has 120 valence electrons. The number of nitro benzene ring substituents is 1. The Morgan fingerprint density at radius 2 is 2.00 bits per heavy atom. The number of nitriles is 1. The lowest BCUT2D eigenvalue weighted by Gasteiger charge is -2.05. The zero-order valence-electron chi connectivity index (χ0n) is 11.9. The summed E-state index contributed by atoms with van der Waals surface area (Å²) in [7, 11) is 0. The lowest BCUT2D eigenvalue weighted by atomic mass is 10.0. The smallest absolute Gasteiger partial charge is 0.270 e. The molecule has 0 aliphatic heterocycles. The van der Waals surface area contributed by atoms with Crippen LogP contribution in [0.1, 0.15) is 15.9 Å². The van der Waals surface area contributed by atoms with Crippen molar-refractivity contribution >= 4 is 49.4 Å². The first-order chi connectivity index (χ1) is 11.3. The van der Waals surface area contributed by atoms with Crippen LogP contribution >= 0.6 is 31.9 Å². The van der Waals surface area contributed by atoms with Crippen molar-refractivity contribution in [2.24, 2.45) is 0 Å². The van der Waals surface area contributed by atoms with Crippen LogP contribution in [-0.2, 0) is 0 Å². The average Bonchev–Trinajstić information content (AvgIpc) is 2.56. The summed E-state index contributed by atoms with van der Waals surface area (Å²) in [6.45, 7) is 0. The maximum absolute atomic E-state index is 12.4. The Labute approximate surface area is 153 Å². The predicted octanol–water partition coefficient (Wildman–Crippen LogP) is 4.62. The van der Waals surface area contributed by atoms with Gasteiger partial charge in [0.2, 0.25) is 5.78 Å². The minimum absolute atomic E-state index is 0.0190. The fourth-order valence-electron chi connectivity index (χ4n) is 1.92. The first-order valence-electron chi connectivity index (χ1n) is 6.42. The molecule has 2 aromatic carbocycles. The van der Waals surface area contributed by atoms with Gasteiger partial charge in [-0.1, -0.05) is 28.1 Å². The van der Waals surface area contributed by atoms with Gasteiger partial charge in [-0.25, -0.2) is 0 Å². The minimum Gasteiger partial charge on any atom is -0.506 e. The molecule has 0 aliphatic carbocycles. The highest BCUT2D eigenvalue weighted by Crippen LogP contribution is 2.33. The van der Waals surface area contributed by atoms with Crippen LogP contribution in [0.3, 0.4) is 0 Å². The number of benzene rings is 2. The van der Waals surface area contributed by atoms with E-state index in [-0.39, 0.29) is 28.1 Å². The third-order valence-corrected chi connectivity index (χ3v) is 4.10. The highest BCUT2D eigenvalue weighted by molar-refractivity contribution is 9.11. The molecule has 0 bridgehead atoms. The molecule has 24 heavy (non-hydrogen) atoms. The number of nitro groups is 1. The molecule has 2 aromatic rings. The summed E-state index contributed by atoms with van der Waals surface area (Å²) in [4.78, 5) is 22.6. The van der Waals surface area contributed by atoms with Gasteiger partial charge in [-0.3, -0.25) is 14.9 Å². The zero-order valence-corrected chi connectivity index (χ0v) is 15.0. The molecular formula is C16H8Br2N2O4. The summed E-state index contributed by atoms with van der Waals surface area (Å²) in [5, 5.41) is 30.1. The molecule has 0 aromatic heterocycles. The molecule has 0 atom stereocenters. The largest absolute Gasteiger partial charge is 0.506 e. The Hall–Kier alpha value is -2.50. The zero-order chi connectivity index (χ0) is 17.9. The van der Waals surface area contributed by atoms with Gasteiger partial charge < -0.3 is 5.11 Å². The topological polar surface area (TPSA) is 104 Å². The number of Topliss-reactive ketones (excluding diaryl/α,β-unsaturated/α-hetero) is 1. The van der Waals surface area contributed by atoms with Crippen molar-refractivity contribution in [3.63, 3.8) is 0 Å². The number of aromatic hydroxyl groups is 1. The summed E-state index contributed by atoms with van der Waals surface area (Å²) < 4.78 is 1.03. The molecule has 0 fully saturated rings. The molecule has 0 radical (unpaired) electrons. The summed E-state index contributed by atoms with van der Waals surface area (Å²) in [6, 6.07) is 10.0. The molecule has 2 rings (SSSR count). The highest BCUT2D eigenvalue weighted by atomic mass is 79.9. The number of rotatable bonds is 4.